The summed E-state index contributed by atoms with van der Waals surface area (Å²) >= 11 is 7.72. The van der Waals surface area contributed by atoms with Crippen LogP contribution in [0.3, 0.4) is 0 Å². The van der Waals surface area contributed by atoms with Crippen LogP contribution in [-0.2, 0) is 0 Å². The molecule has 0 aliphatic carbocycles. The maximum absolute atomic E-state index is 5.92. The summed E-state index contributed by atoms with van der Waals surface area (Å²) in [5.41, 5.74) is 2.24. The highest BCUT2D eigenvalue weighted by Gasteiger charge is 2.23. The normalized spacial score (nSPS) is 23.5. The molecule has 2 aromatic rings. The van der Waals surface area contributed by atoms with Crippen LogP contribution in [0.1, 0.15) is 23.8 Å². The van der Waals surface area contributed by atoms with E-state index < -0.39 is 0 Å². The van der Waals surface area contributed by atoms with Gasteiger partial charge in [0.05, 0.1) is 30.8 Å². The van der Waals surface area contributed by atoms with E-state index in [1.165, 1.54) is 30.9 Å². The van der Waals surface area contributed by atoms with Crippen LogP contribution in [-0.4, -0.2) is 25.1 Å². The van der Waals surface area contributed by atoms with Gasteiger partial charge in [0.2, 0.25) is 0 Å². The molecule has 1 N–H and O–H groups in total. The van der Waals surface area contributed by atoms with Crippen molar-refractivity contribution >= 4 is 22.9 Å². The second kappa shape index (κ2) is 5.61. The Labute approximate surface area is 123 Å². The molecule has 0 saturated carbocycles. The summed E-state index contributed by atoms with van der Waals surface area (Å²) in [4.78, 5) is 6.47. The lowest BCUT2D eigenvalue weighted by Gasteiger charge is -2.24. The quantitative estimate of drug-likeness (QED) is 0.901. The summed E-state index contributed by atoms with van der Waals surface area (Å²) < 4.78 is 0. The molecule has 1 aromatic carbocycles. The van der Waals surface area contributed by atoms with Gasteiger partial charge in [0.1, 0.15) is 0 Å². The van der Waals surface area contributed by atoms with Crippen LogP contribution in [0.25, 0.3) is 11.3 Å². The first kappa shape index (κ1) is 13.1. The summed E-state index contributed by atoms with van der Waals surface area (Å²) in [6, 6.07) is 7.93. The number of hydrogen-bond acceptors (Lipinski definition) is 2. The topological polar surface area (TPSA) is 17.3 Å². The standard InChI is InChI=1S/C15H17ClN2S/c1-18-8-6-12(7-9-18)15-17-14(10-19-15)11-2-4-13(16)5-3-11/h2-5,10,12H,6-9H2,1H3/p+1. The molecule has 1 fully saturated rings. The molecule has 19 heavy (non-hydrogen) atoms. The SMILES string of the molecule is C[NH+]1CCC(c2nc(-c3ccc(Cl)cc3)cs2)CC1. The Balaban J connectivity index is 1.77. The van der Waals surface area contributed by atoms with E-state index in [1.807, 2.05) is 24.3 Å². The molecule has 100 valence electrons. The van der Waals surface area contributed by atoms with Gasteiger partial charge in [-0.25, -0.2) is 4.98 Å². The van der Waals surface area contributed by atoms with E-state index >= 15 is 0 Å². The number of nitrogens with zero attached hydrogens (tertiary/aromatic N) is 1. The Hall–Kier alpha value is -0.900. The second-order valence-corrected chi connectivity index (χ2v) is 6.64. The summed E-state index contributed by atoms with van der Waals surface area (Å²) in [5.74, 6) is 0.662. The van der Waals surface area contributed by atoms with E-state index in [0.29, 0.717) is 5.92 Å². The minimum Gasteiger partial charge on any atom is -0.337 e. The second-order valence-electron chi connectivity index (χ2n) is 5.31. The van der Waals surface area contributed by atoms with Crippen LogP contribution in [0.4, 0.5) is 0 Å². The molecule has 1 aromatic heterocycles. The average Bonchev–Trinajstić information content (AvgIpc) is 2.90. The van der Waals surface area contributed by atoms with E-state index in [9.17, 15) is 0 Å². The van der Waals surface area contributed by atoms with E-state index in [4.69, 9.17) is 16.6 Å². The zero-order valence-electron chi connectivity index (χ0n) is 11.0. The van der Waals surface area contributed by atoms with Crippen LogP contribution in [0, 0.1) is 0 Å². The van der Waals surface area contributed by atoms with Crippen molar-refractivity contribution in [2.24, 2.45) is 0 Å². The zero-order chi connectivity index (χ0) is 13.2. The first-order valence-electron chi connectivity index (χ1n) is 6.75. The predicted octanol–water partition coefficient (Wildman–Crippen LogP) is 2.86. The molecular weight excluding hydrogens is 276 g/mol. The van der Waals surface area contributed by atoms with Crippen molar-refractivity contribution in [1.82, 2.24) is 4.98 Å². The van der Waals surface area contributed by atoms with Crippen molar-refractivity contribution < 1.29 is 4.90 Å². The molecule has 1 aliphatic heterocycles. The van der Waals surface area contributed by atoms with Crippen LogP contribution >= 0.6 is 22.9 Å². The minimum atomic E-state index is 0.662. The number of benzene rings is 1. The Morgan fingerprint density at radius 2 is 1.89 bits per heavy atom. The molecule has 0 unspecified atom stereocenters. The van der Waals surface area contributed by atoms with Gasteiger partial charge in [-0.15, -0.1) is 11.3 Å². The number of hydrogen-bond donors (Lipinski definition) is 1. The highest BCUT2D eigenvalue weighted by atomic mass is 35.5. The van der Waals surface area contributed by atoms with Crippen molar-refractivity contribution in [3.63, 3.8) is 0 Å². The number of aromatic nitrogens is 1. The van der Waals surface area contributed by atoms with E-state index in [2.05, 4.69) is 12.4 Å². The maximum atomic E-state index is 5.92. The monoisotopic (exact) mass is 293 g/mol. The number of likely N-dealkylation sites (tertiary alicyclic amines) is 1. The lowest BCUT2D eigenvalue weighted by Crippen LogP contribution is -3.10. The van der Waals surface area contributed by atoms with Gasteiger partial charge in [-0.1, -0.05) is 23.7 Å². The Morgan fingerprint density at radius 1 is 1.21 bits per heavy atom. The molecule has 2 nitrogen and oxygen atoms in total. The van der Waals surface area contributed by atoms with Crippen LogP contribution in [0.15, 0.2) is 29.6 Å². The Kier molecular flexibility index (Phi) is 3.87. The number of halogens is 1. The first-order valence-corrected chi connectivity index (χ1v) is 8.01. The van der Waals surface area contributed by atoms with Crippen LogP contribution < -0.4 is 4.90 Å². The first-order chi connectivity index (χ1) is 9.22. The molecule has 4 heteroatoms. The van der Waals surface area contributed by atoms with Crippen molar-refractivity contribution in [1.29, 1.82) is 0 Å². The molecule has 0 atom stereocenters. The van der Waals surface area contributed by atoms with E-state index in [0.717, 1.165) is 16.3 Å². The summed E-state index contributed by atoms with van der Waals surface area (Å²) in [5, 5.41) is 4.25. The number of rotatable bonds is 2. The van der Waals surface area contributed by atoms with Crippen molar-refractivity contribution in [3.05, 3.63) is 39.7 Å². The van der Waals surface area contributed by atoms with Gasteiger partial charge in [-0.05, 0) is 12.1 Å². The van der Waals surface area contributed by atoms with Crippen molar-refractivity contribution in [3.8, 4) is 11.3 Å². The van der Waals surface area contributed by atoms with Crippen LogP contribution in [0.2, 0.25) is 5.02 Å². The van der Waals surface area contributed by atoms with E-state index in [1.54, 1.807) is 16.2 Å². The third-order valence-electron chi connectivity index (χ3n) is 3.85. The summed E-state index contributed by atoms with van der Waals surface area (Å²) in [7, 11) is 2.28. The Morgan fingerprint density at radius 3 is 2.58 bits per heavy atom. The number of thiazole rings is 1. The molecule has 0 amide bonds. The molecule has 1 aliphatic rings. The lowest BCUT2D eigenvalue weighted by molar-refractivity contribution is -0.885. The molecule has 0 bridgehead atoms. The highest BCUT2D eigenvalue weighted by molar-refractivity contribution is 7.10. The molecule has 0 radical (unpaired) electrons. The fourth-order valence-electron chi connectivity index (χ4n) is 2.59. The summed E-state index contributed by atoms with van der Waals surface area (Å²) in [6.45, 7) is 2.53. The van der Waals surface area contributed by atoms with Gasteiger partial charge in [0.25, 0.3) is 0 Å². The van der Waals surface area contributed by atoms with Gasteiger partial charge >= 0.3 is 0 Å². The third kappa shape index (κ3) is 2.99. The van der Waals surface area contributed by atoms with Gasteiger partial charge in [-0.2, -0.15) is 0 Å². The van der Waals surface area contributed by atoms with Gasteiger partial charge in [0.15, 0.2) is 0 Å². The van der Waals surface area contributed by atoms with Gasteiger partial charge in [0, 0.05) is 34.7 Å². The minimum absolute atomic E-state index is 0.662. The van der Waals surface area contributed by atoms with Gasteiger partial charge in [-0.3, -0.25) is 0 Å². The summed E-state index contributed by atoms with van der Waals surface area (Å²) in [6.07, 6.45) is 2.53. The van der Waals surface area contributed by atoms with Crippen LogP contribution in [0.5, 0.6) is 0 Å². The maximum Gasteiger partial charge on any atom is 0.0968 e. The lowest BCUT2D eigenvalue weighted by atomic mass is 9.98. The molecular formula is C15H18ClN2S+. The number of quaternary nitrogens is 1. The molecule has 2 heterocycles. The number of piperidine rings is 1. The smallest absolute Gasteiger partial charge is 0.0968 e. The predicted molar refractivity (Wildman–Crippen MR) is 81.2 cm³/mol. The fourth-order valence-corrected chi connectivity index (χ4v) is 3.71. The Bertz CT molecular complexity index is 542. The largest absolute Gasteiger partial charge is 0.337 e. The van der Waals surface area contributed by atoms with Crippen molar-refractivity contribution in [2.75, 3.05) is 20.1 Å². The highest BCUT2D eigenvalue weighted by Crippen LogP contribution is 2.30. The molecule has 3 rings (SSSR count). The fraction of sp³-hybridized carbons (Fsp3) is 0.400. The average molecular weight is 294 g/mol. The molecule has 1 saturated heterocycles. The number of nitrogens with one attached hydrogen (secondary N) is 1. The van der Waals surface area contributed by atoms with Crippen molar-refractivity contribution in [2.45, 2.75) is 18.8 Å². The third-order valence-corrected chi connectivity index (χ3v) is 5.11. The molecule has 0 spiro atoms. The van der Waals surface area contributed by atoms with E-state index in [-0.39, 0.29) is 0 Å². The zero-order valence-corrected chi connectivity index (χ0v) is 12.6. The van der Waals surface area contributed by atoms with Gasteiger partial charge < -0.3 is 4.90 Å².